The molecule has 0 fully saturated rings. The van der Waals surface area contributed by atoms with Gasteiger partial charge < -0.3 is 4.90 Å². The van der Waals surface area contributed by atoms with Gasteiger partial charge in [0.05, 0.1) is 16.3 Å². The summed E-state index contributed by atoms with van der Waals surface area (Å²) in [5, 5.41) is 3.96. The molecule has 0 aliphatic heterocycles. The van der Waals surface area contributed by atoms with Gasteiger partial charge in [0.25, 0.3) is 11.1 Å². The molecule has 6 nitrogen and oxygen atoms in total. The number of carbonyl (C=O) groups excluding carboxylic acids is 2. The summed E-state index contributed by atoms with van der Waals surface area (Å²) in [5.74, 6) is -0.104. The third-order valence-electron chi connectivity index (χ3n) is 4.05. The van der Waals surface area contributed by atoms with Crippen molar-refractivity contribution in [2.75, 3.05) is 4.90 Å². The monoisotopic (exact) mass is 636 g/mol. The van der Waals surface area contributed by atoms with Crippen molar-refractivity contribution in [2.24, 2.45) is 0 Å². The van der Waals surface area contributed by atoms with E-state index in [4.69, 9.17) is 23.2 Å². The predicted octanol–water partition coefficient (Wildman–Crippen LogP) is 6.64. The minimum Gasteiger partial charge on any atom is -0.303 e. The van der Waals surface area contributed by atoms with Crippen LogP contribution in [0.2, 0.25) is 5.02 Å². The number of benzene rings is 1. The maximum absolute atomic E-state index is 13.7. The van der Waals surface area contributed by atoms with Crippen molar-refractivity contribution in [3.63, 3.8) is 0 Å². The maximum atomic E-state index is 13.7. The van der Waals surface area contributed by atoms with Crippen molar-refractivity contribution in [1.82, 2.24) is 14.8 Å². The largest absolute Gasteiger partial charge is 0.303 e. The molecule has 3 aromatic rings. The van der Waals surface area contributed by atoms with E-state index < -0.39 is 11.1 Å². The summed E-state index contributed by atoms with van der Waals surface area (Å²) in [4.78, 5) is 31.5. The maximum Gasteiger partial charge on any atom is 0.277 e. The van der Waals surface area contributed by atoms with Crippen molar-refractivity contribution in [3.05, 3.63) is 66.4 Å². The highest BCUT2D eigenvalue weighted by Gasteiger charge is 2.30. The standard InChI is InChI=1S/C19H13Br3Cl2N4O2/c1-9(2)27(16-11(17(24)29)6-10(20)7-12(16)21)19(30)14-8-15(22)26-28(14)18-13(23)4-3-5-25-18/h3-9H,1-2H3. The molecule has 156 valence electrons. The van der Waals surface area contributed by atoms with Gasteiger partial charge in [0.1, 0.15) is 10.3 Å². The number of carbonyl (C=O) groups is 2. The second kappa shape index (κ2) is 9.48. The molecule has 0 saturated heterocycles. The number of hydrogen-bond acceptors (Lipinski definition) is 4. The zero-order valence-electron chi connectivity index (χ0n) is 15.5. The van der Waals surface area contributed by atoms with Crippen molar-refractivity contribution in [3.8, 4) is 5.82 Å². The van der Waals surface area contributed by atoms with Crippen molar-refractivity contribution < 1.29 is 9.59 Å². The van der Waals surface area contributed by atoms with Gasteiger partial charge >= 0.3 is 0 Å². The van der Waals surface area contributed by atoms with Gasteiger partial charge in [-0.25, -0.2) is 9.67 Å². The second-order valence-corrected chi connectivity index (χ2v) is 9.73. The zero-order chi connectivity index (χ0) is 22.2. The Kier molecular flexibility index (Phi) is 7.40. The molecule has 1 aromatic carbocycles. The Balaban J connectivity index is 2.22. The summed E-state index contributed by atoms with van der Waals surface area (Å²) in [6.45, 7) is 3.66. The van der Waals surface area contributed by atoms with Crippen LogP contribution in [0, 0.1) is 0 Å². The smallest absolute Gasteiger partial charge is 0.277 e. The average molecular weight is 640 g/mol. The highest BCUT2D eigenvalue weighted by molar-refractivity contribution is 9.11. The van der Waals surface area contributed by atoms with Gasteiger partial charge in [0.2, 0.25) is 0 Å². The average Bonchev–Trinajstić information content (AvgIpc) is 3.04. The fraction of sp³-hybridized carbons (Fsp3) is 0.158. The molecule has 3 rings (SSSR count). The number of nitrogens with zero attached hydrogens (tertiary/aromatic N) is 4. The van der Waals surface area contributed by atoms with Gasteiger partial charge in [-0.3, -0.25) is 9.59 Å². The molecule has 1 amide bonds. The van der Waals surface area contributed by atoms with Crippen LogP contribution in [-0.2, 0) is 0 Å². The van der Waals surface area contributed by atoms with Gasteiger partial charge in [0, 0.05) is 27.3 Å². The summed E-state index contributed by atoms with van der Waals surface area (Å²) in [6, 6.07) is 7.90. The van der Waals surface area contributed by atoms with Crippen molar-refractivity contribution >= 4 is 87.8 Å². The lowest BCUT2D eigenvalue weighted by Crippen LogP contribution is -2.39. The molecule has 0 atom stereocenters. The lowest BCUT2D eigenvalue weighted by atomic mass is 10.1. The van der Waals surface area contributed by atoms with Gasteiger partial charge in [-0.05, 0) is 81.6 Å². The molecule has 0 bridgehead atoms. The number of aromatic nitrogens is 3. The van der Waals surface area contributed by atoms with E-state index in [0.717, 1.165) is 0 Å². The summed E-state index contributed by atoms with van der Waals surface area (Å²) in [7, 11) is 0. The van der Waals surface area contributed by atoms with Crippen LogP contribution in [0.1, 0.15) is 34.7 Å². The highest BCUT2D eigenvalue weighted by atomic mass is 79.9. The van der Waals surface area contributed by atoms with E-state index in [-0.39, 0.29) is 17.3 Å². The van der Waals surface area contributed by atoms with E-state index >= 15 is 0 Å². The fourth-order valence-corrected chi connectivity index (χ4v) is 5.01. The molecule has 0 unspecified atom stereocenters. The molecule has 0 aliphatic rings. The number of hydrogen-bond donors (Lipinski definition) is 0. The Morgan fingerprint density at radius 2 is 1.87 bits per heavy atom. The van der Waals surface area contributed by atoms with Crippen LogP contribution in [-0.4, -0.2) is 32.0 Å². The van der Waals surface area contributed by atoms with Crippen LogP contribution in [0.3, 0.4) is 0 Å². The van der Waals surface area contributed by atoms with Gasteiger partial charge in [-0.2, -0.15) is 5.10 Å². The Morgan fingerprint density at radius 3 is 2.47 bits per heavy atom. The number of halogens is 5. The summed E-state index contributed by atoms with van der Waals surface area (Å²) in [6.07, 6.45) is 1.56. The number of amides is 1. The van der Waals surface area contributed by atoms with Gasteiger partial charge in [-0.1, -0.05) is 27.5 Å². The van der Waals surface area contributed by atoms with E-state index in [1.54, 1.807) is 36.5 Å². The predicted molar refractivity (Wildman–Crippen MR) is 128 cm³/mol. The summed E-state index contributed by atoms with van der Waals surface area (Å²) in [5.41, 5.74) is 0.745. The molecule has 0 radical (unpaired) electrons. The van der Waals surface area contributed by atoms with Crippen LogP contribution < -0.4 is 4.90 Å². The molecule has 0 N–H and O–H groups in total. The Labute approximate surface area is 207 Å². The van der Waals surface area contributed by atoms with Crippen LogP contribution in [0.5, 0.6) is 0 Å². The first-order valence-electron chi connectivity index (χ1n) is 8.50. The molecule has 0 saturated carbocycles. The summed E-state index contributed by atoms with van der Waals surface area (Å²) >= 11 is 22.2. The highest BCUT2D eigenvalue weighted by Crippen LogP contribution is 2.37. The lowest BCUT2D eigenvalue weighted by Gasteiger charge is -2.29. The quantitative estimate of drug-likeness (QED) is 0.294. The van der Waals surface area contributed by atoms with Gasteiger partial charge in [0.15, 0.2) is 5.82 Å². The molecular weight excluding hydrogens is 627 g/mol. The topological polar surface area (TPSA) is 68.1 Å². The first-order chi connectivity index (χ1) is 14.1. The normalized spacial score (nSPS) is 11.1. The van der Waals surface area contributed by atoms with E-state index in [0.29, 0.717) is 30.1 Å². The minimum absolute atomic E-state index is 0.181. The number of anilines is 1. The molecule has 2 aromatic heterocycles. The molecule has 2 heterocycles. The van der Waals surface area contributed by atoms with E-state index in [1.807, 2.05) is 13.8 Å². The Bertz CT molecular complexity index is 1150. The van der Waals surface area contributed by atoms with E-state index in [1.165, 1.54) is 9.58 Å². The lowest BCUT2D eigenvalue weighted by molar-refractivity contribution is 0.0972. The third-order valence-corrected chi connectivity index (χ3v) is 6.00. The Morgan fingerprint density at radius 1 is 1.17 bits per heavy atom. The molecular formula is C19H13Br3Cl2N4O2. The SMILES string of the molecule is CC(C)N(C(=O)c1cc(Br)nn1-c1ncccc1Cl)c1c(Br)cc(Br)cc1C(=O)Cl. The van der Waals surface area contributed by atoms with Gasteiger partial charge in [-0.15, -0.1) is 0 Å². The molecule has 30 heavy (non-hydrogen) atoms. The third kappa shape index (κ3) is 4.65. The van der Waals surface area contributed by atoms with Crippen molar-refractivity contribution in [2.45, 2.75) is 19.9 Å². The fourth-order valence-electron chi connectivity index (χ4n) is 2.88. The number of rotatable bonds is 5. The zero-order valence-corrected chi connectivity index (χ0v) is 21.8. The number of pyridine rings is 1. The van der Waals surface area contributed by atoms with Crippen LogP contribution in [0.15, 0.2) is 50.1 Å². The summed E-state index contributed by atoms with van der Waals surface area (Å²) < 4.78 is 2.97. The van der Waals surface area contributed by atoms with Crippen LogP contribution >= 0.6 is 71.0 Å². The molecule has 0 spiro atoms. The first kappa shape index (κ1) is 23.4. The van der Waals surface area contributed by atoms with E-state index in [2.05, 4.69) is 57.9 Å². The first-order valence-corrected chi connectivity index (χ1v) is 11.6. The van der Waals surface area contributed by atoms with E-state index in [9.17, 15) is 9.59 Å². The van der Waals surface area contributed by atoms with Crippen LogP contribution in [0.25, 0.3) is 5.82 Å². The van der Waals surface area contributed by atoms with Crippen LogP contribution in [0.4, 0.5) is 5.69 Å². The van der Waals surface area contributed by atoms with Crippen molar-refractivity contribution in [1.29, 1.82) is 0 Å². The Hall–Kier alpha value is -1.26. The molecule has 11 heteroatoms. The minimum atomic E-state index is -0.687. The molecule has 0 aliphatic carbocycles. The second-order valence-electron chi connectivity index (χ2n) is 6.40.